The molecule has 1 aromatic rings. The first kappa shape index (κ1) is 15.6. The molecular weight excluding hydrogens is 295 g/mol. The zero-order valence-corrected chi connectivity index (χ0v) is 12.8. The first-order valence-corrected chi connectivity index (χ1v) is 7.39. The van der Waals surface area contributed by atoms with Crippen molar-refractivity contribution in [1.29, 1.82) is 0 Å². The van der Waals surface area contributed by atoms with Crippen molar-refractivity contribution in [2.45, 2.75) is 44.2 Å². The Balaban J connectivity index is 0.00000147. The number of carbonyl (C=O) groups excluding carboxylic acids is 1. The number of benzene rings is 1. The molecule has 0 radical (unpaired) electrons. The monoisotopic (exact) mass is 314 g/mol. The third kappa shape index (κ3) is 3.66. The molecule has 20 heavy (non-hydrogen) atoms. The lowest BCUT2D eigenvalue weighted by Crippen LogP contribution is -2.39. The summed E-state index contributed by atoms with van der Waals surface area (Å²) in [6, 6.07) is 8.65. The van der Waals surface area contributed by atoms with Gasteiger partial charge in [0.25, 0.3) is 0 Å². The second-order valence-corrected chi connectivity index (χ2v) is 6.11. The predicted molar refractivity (Wildman–Crippen MR) is 84.6 cm³/mol. The second kappa shape index (κ2) is 6.79. The number of carbonyl (C=O) groups is 1. The lowest BCUT2D eigenvalue weighted by molar-refractivity contribution is -0.117. The lowest BCUT2D eigenvalue weighted by Gasteiger charge is -2.28. The SMILES string of the molecule is Cl.O=C(CC1CC2CCC(C1)N2)Nc1ccccc1Cl. The fourth-order valence-corrected chi connectivity index (χ4v) is 3.55. The number of hydrogen-bond acceptors (Lipinski definition) is 2. The zero-order valence-electron chi connectivity index (χ0n) is 11.3. The first-order valence-electron chi connectivity index (χ1n) is 7.01. The summed E-state index contributed by atoms with van der Waals surface area (Å²) in [6.07, 6.45) is 5.42. The van der Waals surface area contributed by atoms with Gasteiger partial charge in [-0.05, 0) is 43.7 Å². The Kier molecular flexibility index (Phi) is 5.30. The lowest BCUT2D eigenvalue weighted by atomic mass is 9.89. The Morgan fingerprint density at radius 3 is 2.55 bits per heavy atom. The second-order valence-electron chi connectivity index (χ2n) is 5.71. The number of amides is 1. The van der Waals surface area contributed by atoms with Gasteiger partial charge < -0.3 is 10.6 Å². The summed E-state index contributed by atoms with van der Waals surface area (Å²) in [6.45, 7) is 0. The smallest absolute Gasteiger partial charge is 0.224 e. The van der Waals surface area contributed by atoms with Gasteiger partial charge in [0.15, 0.2) is 0 Å². The molecule has 1 aromatic carbocycles. The summed E-state index contributed by atoms with van der Waals surface area (Å²) in [5.41, 5.74) is 0.714. The van der Waals surface area contributed by atoms with Crippen molar-refractivity contribution < 1.29 is 4.79 Å². The maximum absolute atomic E-state index is 12.1. The van der Waals surface area contributed by atoms with E-state index in [1.54, 1.807) is 6.07 Å². The molecule has 0 aromatic heterocycles. The van der Waals surface area contributed by atoms with Crippen LogP contribution >= 0.6 is 24.0 Å². The molecule has 1 amide bonds. The number of fused-ring (bicyclic) bond motifs is 2. The molecule has 3 nitrogen and oxygen atoms in total. The molecular formula is C15H20Cl2N2O. The molecule has 2 heterocycles. The molecule has 0 saturated carbocycles. The summed E-state index contributed by atoms with van der Waals surface area (Å²) >= 11 is 6.04. The van der Waals surface area contributed by atoms with E-state index < -0.39 is 0 Å². The van der Waals surface area contributed by atoms with E-state index in [9.17, 15) is 4.79 Å². The fourth-order valence-electron chi connectivity index (χ4n) is 3.37. The summed E-state index contributed by atoms with van der Waals surface area (Å²) < 4.78 is 0. The van der Waals surface area contributed by atoms with Crippen LogP contribution in [0.4, 0.5) is 5.69 Å². The molecule has 2 saturated heterocycles. The van der Waals surface area contributed by atoms with E-state index in [1.807, 2.05) is 18.2 Å². The summed E-state index contributed by atoms with van der Waals surface area (Å²) in [5, 5.41) is 7.11. The van der Waals surface area contributed by atoms with Gasteiger partial charge in [0.05, 0.1) is 10.7 Å². The summed E-state index contributed by atoms with van der Waals surface area (Å²) in [7, 11) is 0. The Labute approximate surface area is 130 Å². The largest absolute Gasteiger partial charge is 0.325 e. The number of hydrogen-bond donors (Lipinski definition) is 2. The van der Waals surface area contributed by atoms with E-state index in [0.29, 0.717) is 35.1 Å². The Morgan fingerprint density at radius 1 is 1.25 bits per heavy atom. The van der Waals surface area contributed by atoms with Gasteiger partial charge in [0, 0.05) is 18.5 Å². The maximum atomic E-state index is 12.1. The molecule has 0 aliphatic carbocycles. The van der Waals surface area contributed by atoms with Crippen molar-refractivity contribution in [2.75, 3.05) is 5.32 Å². The number of nitrogens with one attached hydrogen (secondary N) is 2. The Morgan fingerprint density at radius 2 is 1.90 bits per heavy atom. The quantitative estimate of drug-likeness (QED) is 0.894. The minimum atomic E-state index is 0. The molecule has 2 unspecified atom stereocenters. The van der Waals surface area contributed by atoms with Crippen LogP contribution in [0.5, 0.6) is 0 Å². The van der Waals surface area contributed by atoms with Crippen LogP contribution in [0.2, 0.25) is 5.02 Å². The van der Waals surface area contributed by atoms with Gasteiger partial charge in [0.2, 0.25) is 5.91 Å². The van der Waals surface area contributed by atoms with Gasteiger partial charge in [-0.15, -0.1) is 12.4 Å². The van der Waals surface area contributed by atoms with Crippen molar-refractivity contribution in [3.05, 3.63) is 29.3 Å². The minimum Gasteiger partial charge on any atom is -0.325 e. The van der Waals surface area contributed by atoms with Crippen molar-refractivity contribution in [1.82, 2.24) is 5.32 Å². The van der Waals surface area contributed by atoms with E-state index in [0.717, 1.165) is 12.8 Å². The zero-order chi connectivity index (χ0) is 13.2. The van der Waals surface area contributed by atoms with Crippen LogP contribution in [0.1, 0.15) is 32.1 Å². The first-order chi connectivity index (χ1) is 9.20. The highest BCUT2D eigenvalue weighted by Gasteiger charge is 2.34. The van der Waals surface area contributed by atoms with E-state index in [1.165, 1.54) is 12.8 Å². The van der Waals surface area contributed by atoms with Gasteiger partial charge in [-0.1, -0.05) is 23.7 Å². The molecule has 0 spiro atoms. The van der Waals surface area contributed by atoms with Crippen LogP contribution in [0.25, 0.3) is 0 Å². The normalized spacial score (nSPS) is 27.8. The number of piperidine rings is 1. The third-order valence-electron chi connectivity index (χ3n) is 4.19. The van der Waals surface area contributed by atoms with Crippen molar-refractivity contribution in [3.63, 3.8) is 0 Å². The van der Waals surface area contributed by atoms with Crippen LogP contribution in [0.3, 0.4) is 0 Å². The molecule has 2 atom stereocenters. The van der Waals surface area contributed by atoms with Crippen molar-refractivity contribution in [2.24, 2.45) is 5.92 Å². The average molecular weight is 315 g/mol. The standard InChI is InChI=1S/C15H19ClN2O.ClH/c16-13-3-1-2-4-14(13)18-15(19)9-10-7-11-5-6-12(8-10)17-11;/h1-4,10-12,17H,5-9H2,(H,18,19);1H. The van der Waals surface area contributed by atoms with Gasteiger partial charge in [-0.3, -0.25) is 4.79 Å². The number of para-hydroxylation sites is 1. The molecule has 5 heteroatoms. The predicted octanol–water partition coefficient (Wildman–Crippen LogP) is 3.62. The molecule has 2 bridgehead atoms. The van der Waals surface area contributed by atoms with Crippen LogP contribution in [-0.4, -0.2) is 18.0 Å². The van der Waals surface area contributed by atoms with E-state index >= 15 is 0 Å². The summed E-state index contributed by atoms with van der Waals surface area (Å²) in [4.78, 5) is 12.1. The van der Waals surface area contributed by atoms with Gasteiger partial charge in [-0.25, -0.2) is 0 Å². The molecule has 2 aliphatic heterocycles. The molecule has 2 fully saturated rings. The highest BCUT2D eigenvalue weighted by atomic mass is 35.5. The van der Waals surface area contributed by atoms with Crippen LogP contribution in [-0.2, 0) is 4.79 Å². The van der Waals surface area contributed by atoms with Crippen molar-refractivity contribution >= 4 is 35.6 Å². The van der Waals surface area contributed by atoms with Gasteiger partial charge in [-0.2, -0.15) is 0 Å². The van der Waals surface area contributed by atoms with Crippen LogP contribution < -0.4 is 10.6 Å². The number of halogens is 2. The number of rotatable bonds is 3. The third-order valence-corrected chi connectivity index (χ3v) is 4.52. The van der Waals surface area contributed by atoms with E-state index in [2.05, 4.69) is 10.6 Å². The molecule has 110 valence electrons. The van der Waals surface area contributed by atoms with Gasteiger partial charge in [0.1, 0.15) is 0 Å². The number of anilines is 1. The van der Waals surface area contributed by atoms with Crippen molar-refractivity contribution in [3.8, 4) is 0 Å². The fraction of sp³-hybridized carbons (Fsp3) is 0.533. The van der Waals surface area contributed by atoms with Crippen LogP contribution in [0.15, 0.2) is 24.3 Å². The minimum absolute atomic E-state index is 0. The Hall–Kier alpha value is -0.770. The molecule has 2 N–H and O–H groups in total. The highest BCUT2D eigenvalue weighted by Crippen LogP contribution is 2.33. The average Bonchev–Trinajstić information content (AvgIpc) is 2.72. The Bertz CT molecular complexity index is 469. The summed E-state index contributed by atoms with van der Waals surface area (Å²) in [5.74, 6) is 0.598. The van der Waals surface area contributed by atoms with E-state index in [-0.39, 0.29) is 18.3 Å². The van der Waals surface area contributed by atoms with Crippen LogP contribution in [0, 0.1) is 5.92 Å². The maximum Gasteiger partial charge on any atom is 0.224 e. The van der Waals surface area contributed by atoms with Gasteiger partial charge >= 0.3 is 0 Å². The highest BCUT2D eigenvalue weighted by molar-refractivity contribution is 6.33. The topological polar surface area (TPSA) is 41.1 Å². The van der Waals surface area contributed by atoms with E-state index in [4.69, 9.17) is 11.6 Å². The molecule has 2 aliphatic rings. The molecule has 3 rings (SSSR count).